The Morgan fingerprint density at radius 1 is 1.29 bits per heavy atom. The minimum atomic E-state index is -0.875. The van der Waals surface area contributed by atoms with Crippen molar-refractivity contribution in [3.63, 3.8) is 0 Å². The van der Waals surface area contributed by atoms with Gasteiger partial charge in [-0.15, -0.1) is 10.2 Å². The molecular weight excluding hydrogens is 666 g/mol. The molecule has 1 fully saturated rings. The number of allylic oxidation sites excluding steroid dienone is 1. The van der Waals surface area contributed by atoms with Gasteiger partial charge in [0.05, 0.1) is 36.0 Å². The van der Waals surface area contributed by atoms with Crippen LogP contribution < -0.4 is 26.2 Å². The zero-order valence-electron chi connectivity index (χ0n) is 32.3. The van der Waals surface area contributed by atoms with Crippen LogP contribution in [0.3, 0.4) is 0 Å². The van der Waals surface area contributed by atoms with Gasteiger partial charge < -0.3 is 29.9 Å². The highest BCUT2D eigenvalue weighted by Crippen LogP contribution is 2.45. The number of nitriles is 1. The zero-order valence-corrected chi connectivity index (χ0v) is 30.3. The molecule has 276 valence electrons. The molecule has 14 nitrogen and oxygen atoms in total. The van der Waals surface area contributed by atoms with Gasteiger partial charge in [0.1, 0.15) is 29.4 Å². The van der Waals surface area contributed by atoms with Gasteiger partial charge in [-0.05, 0) is 70.4 Å². The number of H-pyrrole nitrogens is 1. The summed E-state index contributed by atoms with van der Waals surface area (Å²) in [7, 11) is 2.87. The molecular formula is C38H47N7O7. The summed E-state index contributed by atoms with van der Waals surface area (Å²) in [5, 5.41) is 34.8. The largest absolute Gasteiger partial charge is 0.494 e. The van der Waals surface area contributed by atoms with E-state index in [0.29, 0.717) is 35.7 Å². The van der Waals surface area contributed by atoms with Crippen LogP contribution in [0.4, 0.5) is 17.1 Å². The monoisotopic (exact) mass is 716 g/mol. The topological polar surface area (TPSA) is 195 Å². The Morgan fingerprint density at radius 3 is 2.73 bits per heavy atom. The average molecular weight is 717 g/mol. The number of aliphatic hydroxyl groups is 2. The highest BCUT2D eigenvalue weighted by Gasteiger charge is 2.33. The number of amides is 1. The number of aromatic nitrogens is 2. The molecule has 1 unspecified atom stereocenters. The third kappa shape index (κ3) is 9.10. The van der Waals surface area contributed by atoms with E-state index in [4.69, 9.17) is 12.3 Å². The van der Waals surface area contributed by atoms with E-state index in [9.17, 15) is 24.8 Å². The number of nitrogens with zero attached hydrogens (tertiary/aromatic N) is 5. The highest BCUT2D eigenvalue weighted by atomic mass is 16.5. The van der Waals surface area contributed by atoms with Crippen molar-refractivity contribution in [2.45, 2.75) is 77.8 Å². The van der Waals surface area contributed by atoms with Crippen molar-refractivity contribution in [2.75, 3.05) is 32.2 Å². The number of aromatic amines is 1. The maximum absolute atomic E-state index is 12.8. The Balaban J connectivity index is 0.00000209. The van der Waals surface area contributed by atoms with Crippen LogP contribution in [-0.2, 0) is 9.53 Å². The molecule has 0 saturated carbocycles. The summed E-state index contributed by atoms with van der Waals surface area (Å²) >= 11 is 0. The minimum absolute atomic E-state index is 0.130. The lowest BCUT2D eigenvalue weighted by Crippen LogP contribution is -2.45. The zero-order chi connectivity index (χ0) is 39.6. The van der Waals surface area contributed by atoms with Crippen molar-refractivity contribution in [3.05, 3.63) is 91.8 Å². The first-order valence-corrected chi connectivity index (χ1v) is 16.8. The Bertz CT molecular complexity index is 2070. The van der Waals surface area contributed by atoms with Gasteiger partial charge in [0, 0.05) is 57.9 Å². The standard InChI is InChI=1S/C37H43N7O6.CH4O/c1-22-11-12-28(26(15-22)20-38)41-42-29-16-27-23(2)19-37(4,5)44(30(27)17-32(29)49-6)14-8-10-33(46)39-13-7-9-25-21-43(36(48)40-35(25)47)34-18-31(45)24(3)50-34;1-2/h7,9,11-12,15-17,19,21,24,31,34,45H,8,10,13-14,18H2,1-6H3,(H,39,46)(H,40,47,48);2H,1H3/b9-7+,42-41?;/t24-,31?,34-;/m1./s1/i3D;2T. The number of fused-ring (bicyclic) bond motifs is 1. The van der Waals surface area contributed by atoms with Gasteiger partial charge in [-0.3, -0.25) is 19.1 Å². The molecule has 1 aromatic heterocycles. The average Bonchev–Trinajstić information content (AvgIpc) is 3.51. The SMILES string of the molecule is [2H]C[C@H]1O[C@@H](n2cc(/C=C/CNC(=O)CCCN3c4cc(OC)c(N=Nc5ccc(C)cc5C#N)cc4C(C)=CC3(C)C)c(=O)[nH]c2=O)CC1O.[3H]OC. The van der Waals surface area contributed by atoms with Crippen LogP contribution in [0.15, 0.2) is 68.5 Å². The lowest BCUT2D eigenvalue weighted by molar-refractivity contribution is -0.120. The second-order valence-electron chi connectivity index (χ2n) is 13.0. The summed E-state index contributed by atoms with van der Waals surface area (Å²) < 4.78 is 25.7. The third-order valence-electron chi connectivity index (χ3n) is 8.83. The van der Waals surface area contributed by atoms with Gasteiger partial charge in [-0.2, -0.15) is 5.26 Å². The molecule has 2 aliphatic heterocycles. The molecule has 1 amide bonds. The van der Waals surface area contributed by atoms with Crippen LogP contribution in [0.25, 0.3) is 11.6 Å². The smallest absolute Gasteiger partial charge is 0.330 e. The molecule has 0 bridgehead atoms. The van der Waals surface area contributed by atoms with E-state index in [-0.39, 0.29) is 43.3 Å². The second kappa shape index (κ2) is 17.2. The van der Waals surface area contributed by atoms with Gasteiger partial charge >= 0.3 is 5.69 Å². The van der Waals surface area contributed by atoms with E-state index in [1.54, 1.807) is 25.3 Å². The Labute approximate surface area is 305 Å². The molecule has 2 aromatic carbocycles. The molecule has 3 aromatic rings. The van der Waals surface area contributed by atoms with Crippen LogP contribution in [0.5, 0.6) is 5.75 Å². The number of carbonyl (C=O) groups is 1. The molecule has 4 N–H and O–H groups in total. The lowest BCUT2D eigenvalue weighted by atomic mass is 9.88. The van der Waals surface area contributed by atoms with Gasteiger partial charge in [-0.25, -0.2) is 4.79 Å². The summed E-state index contributed by atoms with van der Waals surface area (Å²) in [5.41, 5.74) is 3.98. The van der Waals surface area contributed by atoms with E-state index < -0.39 is 29.7 Å². The fourth-order valence-electron chi connectivity index (χ4n) is 6.24. The maximum atomic E-state index is 12.8. The molecule has 0 radical (unpaired) electrons. The van der Waals surface area contributed by atoms with Crippen LogP contribution >= 0.6 is 0 Å². The van der Waals surface area contributed by atoms with Gasteiger partial charge in [0.25, 0.3) is 5.56 Å². The van der Waals surface area contributed by atoms with Crippen molar-refractivity contribution in [1.29, 1.82) is 6.69 Å². The maximum Gasteiger partial charge on any atom is 0.330 e. The third-order valence-corrected chi connectivity index (χ3v) is 8.83. The number of benzene rings is 2. The number of anilines is 1. The van der Waals surface area contributed by atoms with Crippen molar-refractivity contribution in [1.82, 2.24) is 14.9 Å². The van der Waals surface area contributed by atoms with Crippen LogP contribution in [0.2, 0.25) is 0 Å². The molecule has 14 heteroatoms. The molecule has 52 heavy (non-hydrogen) atoms. The molecule has 3 heterocycles. The summed E-state index contributed by atoms with van der Waals surface area (Å²) in [5.74, 6) is 0.374. The van der Waals surface area contributed by atoms with E-state index >= 15 is 0 Å². The Kier molecular flexibility index (Phi) is 12.1. The quantitative estimate of drug-likeness (QED) is 0.197. The molecule has 0 aliphatic carbocycles. The van der Waals surface area contributed by atoms with Crippen LogP contribution in [0.1, 0.15) is 76.8 Å². The number of hydrogen-bond acceptors (Lipinski definition) is 11. The summed E-state index contributed by atoms with van der Waals surface area (Å²) in [6, 6.07) is 11.5. The summed E-state index contributed by atoms with van der Waals surface area (Å²) in [6.45, 7) is 8.80. The number of ether oxygens (including phenoxy) is 2. The first-order chi connectivity index (χ1) is 25.8. The van der Waals surface area contributed by atoms with Crippen LogP contribution in [0, 0.1) is 18.3 Å². The fraction of sp³-hybridized carbons (Fsp3) is 0.421. The fourth-order valence-corrected chi connectivity index (χ4v) is 6.24. The Hall–Kier alpha value is -5.36. The number of hydrogen-bond donors (Lipinski definition) is 4. The normalized spacial score (nSPS) is 19.6. The minimum Gasteiger partial charge on any atom is -0.494 e. The Morgan fingerprint density at radius 2 is 2.04 bits per heavy atom. The predicted octanol–water partition coefficient (Wildman–Crippen LogP) is 5.03. The van der Waals surface area contributed by atoms with E-state index in [1.165, 1.54) is 23.9 Å². The van der Waals surface area contributed by atoms with Gasteiger partial charge in [0.15, 0.2) is 0 Å². The van der Waals surface area contributed by atoms with Crippen molar-refractivity contribution in [2.24, 2.45) is 10.2 Å². The highest BCUT2D eigenvalue weighted by molar-refractivity contribution is 5.85. The molecule has 3 atom stereocenters. The van der Waals surface area contributed by atoms with E-state index in [2.05, 4.69) is 56.5 Å². The van der Waals surface area contributed by atoms with Gasteiger partial charge in [0.2, 0.25) is 7.34 Å². The first kappa shape index (κ1) is 36.4. The van der Waals surface area contributed by atoms with Crippen molar-refractivity contribution in [3.8, 4) is 11.8 Å². The molecule has 1 saturated heterocycles. The van der Waals surface area contributed by atoms with E-state index in [0.717, 1.165) is 22.4 Å². The number of rotatable bonds is 11. The molecule has 5 rings (SSSR count). The van der Waals surface area contributed by atoms with Crippen molar-refractivity contribution >= 4 is 34.6 Å². The van der Waals surface area contributed by atoms with Crippen molar-refractivity contribution < 1.29 is 25.9 Å². The molecule has 2 aliphatic rings. The van der Waals surface area contributed by atoms with E-state index in [1.807, 2.05) is 32.0 Å². The number of aryl methyl sites for hydroxylation is 1. The molecule has 0 spiro atoms. The number of aliphatic hydroxyl groups excluding tert-OH is 2. The lowest BCUT2D eigenvalue weighted by Gasteiger charge is -2.43. The number of methoxy groups -OCH3 is 1. The summed E-state index contributed by atoms with van der Waals surface area (Å²) in [4.78, 5) is 42.0. The summed E-state index contributed by atoms with van der Waals surface area (Å²) in [6.07, 6.45) is 5.25. The second-order valence-corrected chi connectivity index (χ2v) is 13.0. The number of carbonyl (C=O) groups excluding carboxylic acids is 1. The first-order valence-electron chi connectivity index (χ1n) is 17.9. The van der Waals surface area contributed by atoms with Gasteiger partial charge in [-0.1, -0.05) is 24.3 Å². The predicted molar refractivity (Wildman–Crippen MR) is 199 cm³/mol. The number of nitrogens with one attached hydrogen (secondary N) is 2. The number of azo groups is 1. The van der Waals surface area contributed by atoms with Crippen LogP contribution in [-0.4, -0.2) is 72.2 Å².